The lowest BCUT2D eigenvalue weighted by Gasteiger charge is -2.14. The van der Waals surface area contributed by atoms with Gasteiger partial charge in [-0.25, -0.2) is 0 Å². The smallest absolute Gasteiger partial charge is 0.339 e. The molecule has 0 unspecified atom stereocenters. The molecule has 0 amide bonds. The molecule has 0 aliphatic rings. The molecule has 0 bridgehead atoms. The first-order chi connectivity index (χ1) is 14.3. The summed E-state index contributed by atoms with van der Waals surface area (Å²) in [6.45, 7) is 6.19. The van der Waals surface area contributed by atoms with Crippen LogP contribution in [0.15, 0.2) is 75.0 Å². The van der Waals surface area contributed by atoms with E-state index < -0.39 is 10.1 Å². The molecule has 5 nitrogen and oxygen atoms in total. The molecule has 0 saturated carbocycles. The van der Waals surface area contributed by atoms with Gasteiger partial charge in [0.2, 0.25) is 0 Å². The Morgan fingerprint density at radius 2 is 1.77 bits per heavy atom. The first-order valence-electron chi connectivity index (χ1n) is 9.37. The van der Waals surface area contributed by atoms with Crippen LogP contribution in [0.25, 0.3) is 0 Å². The first-order valence-corrected chi connectivity index (χ1v) is 11.6. The largest absolute Gasteiger partial charge is 0.490 e. The van der Waals surface area contributed by atoms with Gasteiger partial charge in [-0.1, -0.05) is 30.3 Å². The number of aryl methyl sites for hydroxylation is 2. The zero-order chi connectivity index (χ0) is 21.7. The van der Waals surface area contributed by atoms with Crippen molar-refractivity contribution >= 4 is 38.0 Å². The highest BCUT2D eigenvalue weighted by Crippen LogP contribution is 2.38. The summed E-state index contributed by atoms with van der Waals surface area (Å²) in [6, 6.07) is 17.5. The van der Waals surface area contributed by atoms with Crippen molar-refractivity contribution in [3.63, 3.8) is 0 Å². The fourth-order valence-corrected chi connectivity index (χ4v) is 4.38. The Hall–Kier alpha value is -2.64. The van der Waals surface area contributed by atoms with Crippen LogP contribution in [0.5, 0.6) is 11.5 Å². The third-order valence-electron chi connectivity index (χ3n) is 4.27. The van der Waals surface area contributed by atoms with Gasteiger partial charge in [-0.15, -0.1) is 0 Å². The Kier molecular flexibility index (Phi) is 6.95. The highest BCUT2D eigenvalue weighted by Gasteiger charge is 2.22. The lowest BCUT2D eigenvalue weighted by atomic mass is 10.1. The van der Waals surface area contributed by atoms with Crippen LogP contribution < -0.4 is 8.92 Å². The Balaban J connectivity index is 1.96. The third-order valence-corrected chi connectivity index (χ3v) is 6.10. The summed E-state index contributed by atoms with van der Waals surface area (Å²) in [6.07, 6.45) is 1.71. The quantitative estimate of drug-likeness (QED) is 0.303. The van der Waals surface area contributed by atoms with E-state index in [1.54, 1.807) is 36.5 Å². The average molecular weight is 488 g/mol. The van der Waals surface area contributed by atoms with Gasteiger partial charge >= 0.3 is 10.1 Å². The van der Waals surface area contributed by atoms with Crippen LogP contribution in [-0.4, -0.2) is 21.2 Å². The summed E-state index contributed by atoms with van der Waals surface area (Å²) >= 11 is 3.41. The molecule has 3 aromatic rings. The van der Waals surface area contributed by atoms with E-state index in [1.165, 1.54) is 12.1 Å². The van der Waals surface area contributed by atoms with Gasteiger partial charge in [0.1, 0.15) is 4.90 Å². The summed E-state index contributed by atoms with van der Waals surface area (Å²) in [7, 11) is -4.00. The second kappa shape index (κ2) is 9.45. The number of aliphatic imine (C=N–C) groups is 1. The molecule has 0 saturated heterocycles. The van der Waals surface area contributed by atoms with E-state index in [-0.39, 0.29) is 10.6 Å². The van der Waals surface area contributed by atoms with Crippen LogP contribution in [0.1, 0.15) is 23.6 Å². The van der Waals surface area contributed by atoms with E-state index in [0.717, 1.165) is 22.4 Å². The highest BCUT2D eigenvalue weighted by atomic mass is 79.9. The molecule has 0 N–H and O–H groups in total. The van der Waals surface area contributed by atoms with Crippen LogP contribution in [0.3, 0.4) is 0 Å². The molecule has 0 aliphatic carbocycles. The first kappa shape index (κ1) is 22.1. The molecule has 0 atom stereocenters. The standard InChI is InChI=1S/C23H22BrNO4S/c1-4-28-22-14-18(15-25-21-12-16(2)10-11-17(21)3)13-20(24)23(22)29-30(26,27)19-8-6-5-7-9-19/h5-15H,4H2,1-3H3. The maximum atomic E-state index is 12.7. The zero-order valence-corrected chi connectivity index (χ0v) is 19.3. The van der Waals surface area contributed by atoms with E-state index >= 15 is 0 Å². The molecule has 3 rings (SSSR count). The Morgan fingerprint density at radius 3 is 2.47 bits per heavy atom. The van der Waals surface area contributed by atoms with Crippen molar-refractivity contribution in [2.45, 2.75) is 25.7 Å². The normalized spacial score (nSPS) is 11.6. The van der Waals surface area contributed by atoms with Crippen molar-refractivity contribution in [3.05, 3.63) is 81.8 Å². The van der Waals surface area contributed by atoms with Crippen molar-refractivity contribution in [3.8, 4) is 11.5 Å². The number of hydrogen-bond donors (Lipinski definition) is 0. The van der Waals surface area contributed by atoms with Gasteiger partial charge in [0, 0.05) is 6.21 Å². The Morgan fingerprint density at radius 1 is 1.03 bits per heavy atom. The zero-order valence-electron chi connectivity index (χ0n) is 16.9. The molecule has 0 spiro atoms. The number of hydrogen-bond acceptors (Lipinski definition) is 5. The fraction of sp³-hybridized carbons (Fsp3) is 0.174. The van der Waals surface area contributed by atoms with E-state index in [1.807, 2.05) is 39.0 Å². The molecule has 156 valence electrons. The van der Waals surface area contributed by atoms with Crippen LogP contribution >= 0.6 is 15.9 Å². The molecular weight excluding hydrogens is 466 g/mol. The number of halogens is 1. The monoisotopic (exact) mass is 487 g/mol. The van der Waals surface area contributed by atoms with Crippen molar-refractivity contribution in [1.29, 1.82) is 0 Å². The molecule has 0 radical (unpaired) electrons. The van der Waals surface area contributed by atoms with Crippen molar-refractivity contribution < 1.29 is 17.3 Å². The van der Waals surface area contributed by atoms with E-state index in [4.69, 9.17) is 8.92 Å². The minimum absolute atomic E-state index is 0.0694. The molecular formula is C23H22BrNO4S. The second-order valence-corrected chi connectivity index (χ2v) is 9.06. The SMILES string of the molecule is CCOc1cc(C=Nc2cc(C)ccc2C)cc(Br)c1OS(=O)(=O)c1ccccc1. The third kappa shape index (κ3) is 5.29. The van der Waals surface area contributed by atoms with Gasteiger partial charge in [-0.05, 0) is 83.7 Å². The fourth-order valence-electron chi connectivity index (χ4n) is 2.75. The average Bonchev–Trinajstić information content (AvgIpc) is 2.72. The summed E-state index contributed by atoms with van der Waals surface area (Å²) in [5.41, 5.74) is 3.81. The van der Waals surface area contributed by atoms with Gasteiger partial charge in [0.05, 0.1) is 16.8 Å². The van der Waals surface area contributed by atoms with Gasteiger partial charge in [-0.3, -0.25) is 4.99 Å². The summed E-state index contributed by atoms with van der Waals surface area (Å²) in [4.78, 5) is 4.64. The molecule has 0 fully saturated rings. The van der Waals surface area contributed by atoms with Crippen LogP contribution in [0.4, 0.5) is 5.69 Å². The molecule has 0 aliphatic heterocycles. The van der Waals surface area contributed by atoms with E-state index in [9.17, 15) is 8.42 Å². The maximum absolute atomic E-state index is 12.7. The predicted molar refractivity (Wildman–Crippen MR) is 123 cm³/mol. The van der Waals surface area contributed by atoms with Crippen LogP contribution in [-0.2, 0) is 10.1 Å². The van der Waals surface area contributed by atoms with E-state index in [0.29, 0.717) is 16.8 Å². The maximum Gasteiger partial charge on any atom is 0.339 e. The van der Waals surface area contributed by atoms with Gasteiger partial charge in [0.15, 0.2) is 11.5 Å². The van der Waals surface area contributed by atoms with Gasteiger partial charge in [0.25, 0.3) is 0 Å². The molecule has 0 aromatic heterocycles. The molecule has 30 heavy (non-hydrogen) atoms. The van der Waals surface area contributed by atoms with E-state index in [2.05, 4.69) is 20.9 Å². The lowest BCUT2D eigenvalue weighted by molar-refractivity contribution is 0.327. The minimum Gasteiger partial charge on any atom is -0.490 e. The number of ether oxygens (including phenoxy) is 1. The van der Waals surface area contributed by atoms with Gasteiger partial charge < -0.3 is 8.92 Å². The summed E-state index contributed by atoms with van der Waals surface area (Å²) in [5, 5.41) is 0. The Labute approximate surface area is 185 Å². The van der Waals surface area contributed by atoms with Crippen molar-refractivity contribution in [2.24, 2.45) is 4.99 Å². The highest BCUT2D eigenvalue weighted by molar-refractivity contribution is 9.10. The second-order valence-electron chi connectivity index (χ2n) is 6.66. The molecule has 3 aromatic carbocycles. The Bertz CT molecular complexity index is 1180. The van der Waals surface area contributed by atoms with Crippen LogP contribution in [0, 0.1) is 13.8 Å². The van der Waals surface area contributed by atoms with Crippen molar-refractivity contribution in [2.75, 3.05) is 6.61 Å². The number of nitrogens with zero attached hydrogens (tertiary/aromatic N) is 1. The topological polar surface area (TPSA) is 65.0 Å². The van der Waals surface area contributed by atoms with Gasteiger partial charge in [-0.2, -0.15) is 8.42 Å². The molecule has 0 heterocycles. The lowest BCUT2D eigenvalue weighted by Crippen LogP contribution is -2.11. The summed E-state index contributed by atoms with van der Waals surface area (Å²) in [5.74, 6) is 0.415. The summed E-state index contributed by atoms with van der Waals surface area (Å²) < 4.78 is 36.8. The molecule has 7 heteroatoms. The van der Waals surface area contributed by atoms with Crippen LogP contribution in [0.2, 0.25) is 0 Å². The number of benzene rings is 3. The predicted octanol–water partition coefficient (Wildman–Crippen LogP) is 5.98. The van der Waals surface area contributed by atoms with Crippen molar-refractivity contribution in [1.82, 2.24) is 0 Å². The minimum atomic E-state index is -4.00. The number of rotatable bonds is 7.